The van der Waals surface area contributed by atoms with E-state index in [1.165, 1.54) is 4.90 Å². The smallest absolute Gasteiger partial charge is 0.224 e. The van der Waals surface area contributed by atoms with Crippen LogP contribution >= 0.6 is 0 Å². The fraction of sp³-hybridized carbons (Fsp3) is 0.571. The van der Waals surface area contributed by atoms with Crippen LogP contribution in [0.2, 0.25) is 0 Å². The molecule has 0 aromatic heterocycles. The van der Waals surface area contributed by atoms with Crippen LogP contribution in [0, 0.1) is 12.3 Å². The molecule has 0 rings (SSSR count). The number of hydrogen-bond donors (Lipinski definition) is 1. The molecule has 0 fully saturated rings. The van der Waals surface area contributed by atoms with Crippen molar-refractivity contribution in [2.45, 2.75) is 6.42 Å². The standard InChI is InChI=1S/C7H12N2O/c1-3-6-9(2)7(10)4-5-8/h1H,4-6,8H2,2H3. The minimum Gasteiger partial charge on any atom is -0.335 e. The average Bonchev–Trinajstić information content (AvgIpc) is 1.89. The molecule has 0 saturated heterocycles. The fourth-order valence-electron chi connectivity index (χ4n) is 0.539. The molecule has 0 aliphatic heterocycles. The highest BCUT2D eigenvalue weighted by molar-refractivity contribution is 5.76. The summed E-state index contributed by atoms with van der Waals surface area (Å²) in [6.07, 6.45) is 5.36. The van der Waals surface area contributed by atoms with Crippen LogP contribution in [0.15, 0.2) is 0 Å². The Kier molecular flexibility index (Phi) is 4.34. The Balaban J connectivity index is 3.62. The van der Waals surface area contributed by atoms with Crippen molar-refractivity contribution in [3.63, 3.8) is 0 Å². The number of rotatable bonds is 3. The van der Waals surface area contributed by atoms with Gasteiger partial charge in [-0.1, -0.05) is 5.92 Å². The lowest BCUT2D eigenvalue weighted by Crippen LogP contribution is -2.28. The van der Waals surface area contributed by atoms with Crippen molar-refractivity contribution in [2.24, 2.45) is 5.73 Å². The number of nitrogens with zero attached hydrogens (tertiary/aromatic N) is 1. The van der Waals surface area contributed by atoms with E-state index in [9.17, 15) is 4.79 Å². The Labute approximate surface area is 61.2 Å². The minimum atomic E-state index is 0.000417. The van der Waals surface area contributed by atoms with E-state index < -0.39 is 0 Å². The molecule has 2 N–H and O–H groups in total. The van der Waals surface area contributed by atoms with E-state index in [2.05, 4.69) is 5.92 Å². The number of carbonyl (C=O) groups excluding carboxylic acids is 1. The van der Waals surface area contributed by atoms with E-state index >= 15 is 0 Å². The molecule has 0 unspecified atom stereocenters. The summed E-state index contributed by atoms with van der Waals surface area (Å²) in [5, 5.41) is 0. The monoisotopic (exact) mass is 140 g/mol. The zero-order valence-electron chi connectivity index (χ0n) is 6.13. The summed E-state index contributed by atoms with van der Waals surface area (Å²) >= 11 is 0. The molecular formula is C7H12N2O. The molecule has 3 heteroatoms. The zero-order chi connectivity index (χ0) is 7.98. The first-order valence-corrected chi connectivity index (χ1v) is 3.10. The predicted molar refractivity (Wildman–Crippen MR) is 40.1 cm³/mol. The van der Waals surface area contributed by atoms with Gasteiger partial charge in [-0.2, -0.15) is 0 Å². The van der Waals surface area contributed by atoms with Crippen LogP contribution in [0.3, 0.4) is 0 Å². The van der Waals surface area contributed by atoms with Crippen molar-refractivity contribution >= 4 is 5.91 Å². The van der Waals surface area contributed by atoms with Crippen LogP contribution in [-0.4, -0.2) is 30.9 Å². The van der Waals surface area contributed by atoms with Gasteiger partial charge in [-0.05, 0) is 0 Å². The highest BCUT2D eigenvalue weighted by Crippen LogP contribution is 1.86. The predicted octanol–water partition coefficient (Wildman–Crippen LogP) is -0.573. The summed E-state index contributed by atoms with van der Waals surface area (Å²) in [5.41, 5.74) is 5.16. The van der Waals surface area contributed by atoms with E-state index in [1.54, 1.807) is 7.05 Å². The number of hydrogen-bond acceptors (Lipinski definition) is 2. The second kappa shape index (κ2) is 4.83. The van der Waals surface area contributed by atoms with Gasteiger partial charge in [0.1, 0.15) is 0 Å². The molecule has 0 aromatic rings. The summed E-state index contributed by atoms with van der Waals surface area (Å²) < 4.78 is 0. The van der Waals surface area contributed by atoms with Crippen molar-refractivity contribution in [1.29, 1.82) is 0 Å². The third-order valence-electron chi connectivity index (χ3n) is 1.11. The van der Waals surface area contributed by atoms with E-state index in [-0.39, 0.29) is 5.91 Å². The molecule has 1 amide bonds. The summed E-state index contributed by atoms with van der Waals surface area (Å²) in [6, 6.07) is 0. The van der Waals surface area contributed by atoms with Crippen molar-refractivity contribution in [2.75, 3.05) is 20.1 Å². The lowest BCUT2D eigenvalue weighted by Gasteiger charge is -2.12. The van der Waals surface area contributed by atoms with E-state index in [1.807, 2.05) is 0 Å². The van der Waals surface area contributed by atoms with Crippen LogP contribution in [-0.2, 0) is 4.79 Å². The van der Waals surface area contributed by atoms with Gasteiger partial charge < -0.3 is 10.6 Å². The van der Waals surface area contributed by atoms with Crippen molar-refractivity contribution < 1.29 is 4.79 Å². The molecule has 0 spiro atoms. The zero-order valence-corrected chi connectivity index (χ0v) is 6.13. The number of amides is 1. The summed E-state index contributed by atoms with van der Waals surface area (Å²) in [4.78, 5) is 12.4. The first-order chi connectivity index (χ1) is 4.72. The highest BCUT2D eigenvalue weighted by Gasteiger charge is 2.03. The van der Waals surface area contributed by atoms with Crippen LogP contribution in [0.5, 0.6) is 0 Å². The van der Waals surface area contributed by atoms with E-state index in [0.717, 1.165) is 0 Å². The molecule has 0 aliphatic rings. The van der Waals surface area contributed by atoms with Crippen LogP contribution < -0.4 is 5.73 Å². The van der Waals surface area contributed by atoms with Crippen LogP contribution in [0.25, 0.3) is 0 Å². The SMILES string of the molecule is C#CCN(C)C(=O)CCN. The van der Waals surface area contributed by atoms with Gasteiger partial charge in [0.15, 0.2) is 0 Å². The van der Waals surface area contributed by atoms with Crippen LogP contribution in [0.1, 0.15) is 6.42 Å². The summed E-state index contributed by atoms with van der Waals surface area (Å²) in [7, 11) is 1.66. The lowest BCUT2D eigenvalue weighted by molar-refractivity contribution is -0.129. The van der Waals surface area contributed by atoms with Crippen molar-refractivity contribution in [3.05, 3.63) is 0 Å². The summed E-state index contributed by atoms with van der Waals surface area (Å²) in [5.74, 6) is 2.37. The lowest BCUT2D eigenvalue weighted by atomic mass is 10.4. The summed E-state index contributed by atoms with van der Waals surface area (Å²) in [6.45, 7) is 0.743. The van der Waals surface area contributed by atoms with Gasteiger partial charge in [-0.15, -0.1) is 6.42 Å². The molecule has 0 aliphatic carbocycles. The Bertz CT molecular complexity index is 148. The van der Waals surface area contributed by atoms with Gasteiger partial charge in [0.2, 0.25) is 5.91 Å². The molecule has 0 saturated carbocycles. The van der Waals surface area contributed by atoms with Gasteiger partial charge in [0.25, 0.3) is 0 Å². The van der Waals surface area contributed by atoms with Gasteiger partial charge in [0, 0.05) is 20.0 Å². The normalized spacial score (nSPS) is 8.50. The quantitative estimate of drug-likeness (QED) is 0.533. The van der Waals surface area contributed by atoms with Gasteiger partial charge in [-0.25, -0.2) is 0 Å². The molecule has 56 valence electrons. The van der Waals surface area contributed by atoms with Crippen molar-refractivity contribution in [3.8, 4) is 12.3 Å². The largest absolute Gasteiger partial charge is 0.335 e. The number of carbonyl (C=O) groups is 1. The Morgan fingerprint density at radius 2 is 2.40 bits per heavy atom. The number of nitrogens with two attached hydrogens (primary N) is 1. The topological polar surface area (TPSA) is 46.3 Å². The second-order valence-corrected chi connectivity index (χ2v) is 1.99. The minimum absolute atomic E-state index is 0.000417. The van der Waals surface area contributed by atoms with Gasteiger partial charge in [-0.3, -0.25) is 4.79 Å². The molecule has 0 radical (unpaired) electrons. The maximum absolute atomic E-state index is 10.9. The Morgan fingerprint density at radius 3 is 2.80 bits per heavy atom. The molecule has 0 atom stereocenters. The third-order valence-corrected chi connectivity index (χ3v) is 1.11. The van der Waals surface area contributed by atoms with Gasteiger partial charge >= 0.3 is 0 Å². The van der Waals surface area contributed by atoms with Gasteiger partial charge in [0.05, 0.1) is 6.54 Å². The molecule has 0 bridgehead atoms. The molecule has 3 nitrogen and oxygen atoms in total. The molecular weight excluding hydrogens is 128 g/mol. The van der Waals surface area contributed by atoms with E-state index in [4.69, 9.17) is 12.2 Å². The second-order valence-electron chi connectivity index (χ2n) is 1.99. The maximum Gasteiger partial charge on any atom is 0.224 e. The first kappa shape index (κ1) is 8.99. The molecule has 0 aromatic carbocycles. The average molecular weight is 140 g/mol. The Morgan fingerprint density at radius 1 is 1.80 bits per heavy atom. The third kappa shape index (κ3) is 3.10. The maximum atomic E-state index is 10.9. The first-order valence-electron chi connectivity index (χ1n) is 3.10. The highest BCUT2D eigenvalue weighted by atomic mass is 16.2. The van der Waals surface area contributed by atoms with Crippen molar-refractivity contribution in [1.82, 2.24) is 4.90 Å². The van der Waals surface area contributed by atoms with E-state index in [0.29, 0.717) is 19.5 Å². The number of terminal acetylenes is 1. The molecule has 0 heterocycles. The Hall–Kier alpha value is -1.01. The van der Waals surface area contributed by atoms with Crippen LogP contribution in [0.4, 0.5) is 0 Å². The fourth-order valence-corrected chi connectivity index (χ4v) is 0.539. The molecule has 10 heavy (non-hydrogen) atoms.